The number of rotatable bonds is 2. The Balaban J connectivity index is 2.71. The minimum absolute atomic E-state index is 0.832. The first-order valence-electron chi connectivity index (χ1n) is 4.60. The molecule has 1 aromatic heterocycles. The minimum Gasteiger partial charge on any atom is -0.487 e. The summed E-state index contributed by atoms with van der Waals surface area (Å²) < 4.78 is 6.42. The molecular formula is C11H13NOS. The van der Waals surface area contributed by atoms with Crippen LogP contribution in [0.4, 0.5) is 5.69 Å². The quantitative estimate of drug-likeness (QED) is 0.768. The first kappa shape index (κ1) is 9.34. The third kappa shape index (κ3) is 1.44. The lowest BCUT2D eigenvalue weighted by molar-refractivity contribution is 0.427. The van der Waals surface area contributed by atoms with E-state index in [9.17, 15) is 0 Å². The van der Waals surface area contributed by atoms with Crippen molar-refractivity contribution in [3.05, 3.63) is 23.8 Å². The first-order chi connectivity index (χ1) is 6.74. The Bertz CT molecular complexity index is 462. The van der Waals surface area contributed by atoms with Crippen molar-refractivity contribution in [3.63, 3.8) is 0 Å². The van der Waals surface area contributed by atoms with Gasteiger partial charge >= 0.3 is 0 Å². The second kappa shape index (κ2) is 3.50. The number of nitrogen functional groups attached to an aromatic ring is 1. The third-order valence-electron chi connectivity index (χ3n) is 2.30. The van der Waals surface area contributed by atoms with Crippen molar-refractivity contribution >= 4 is 27.1 Å². The van der Waals surface area contributed by atoms with E-state index in [-0.39, 0.29) is 0 Å². The minimum atomic E-state index is 0.832. The van der Waals surface area contributed by atoms with Crippen molar-refractivity contribution in [3.8, 4) is 5.06 Å². The van der Waals surface area contributed by atoms with Crippen molar-refractivity contribution in [1.82, 2.24) is 0 Å². The summed E-state index contributed by atoms with van der Waals surface area (Å²) in [6, 6.07) is 6.12. The summed E-state index contributed by atoms with van der Waals surface area (Å²) >= 11 is 1.64. The Labute approximate surface area is 87.3 Å². The smallest absolute Gasteiger partial charge is 0.174 e. The second-order valence-electron chi connectivity index (χ2n) is 3.21. The molecular weight excluding hydrogens is 194 g/mol. The van der Waals surface area contributed by atoms with Crippen molar-refractivity contribution in [1.29, 1.82) is 0 Å². The van der Waals surface area contributed by atoms with E-state index in [0.717, 1.165) is 17.2 Å². The zero-order chi connectivity index (χ0) is 10.1. The average molecular weight is 207 g/mol. The number of benzene rings is 1. The molecule has 0 saturated carbocycles. The van der Waals surface area contributed by atoms with Crippen molar-refractivity contribution < 1.29 is 4.74 Å². The summed E-state index contributed by atoms with van der Waals surface area (Å²) in [4.78, 5) is 0. The highest BCUT2D eigenvalue weighted by Gasteiger charge is 2.06. The van der Waals surface area contributed by atoms with E-state index in [4.69, 9.17) is 10.5 Å². The monoisotopic (exact) mass is 207 g/mol. The van der Waals surface area contributed by atoms with Gasteiger partial charge in [0.05, 0.1) is 7.11 Å². The van der Waals surface area contributed by atoms with Crippen molar-refractivity contribution in [2.45, 2.75) is 13.3 Å². The van der Waals surface area contributed by atoms with Crippen LogP contribution in [0.1, 0.15) is 12.5 Å². The predicted octanol–water partition coefficient (Wildman–Crippen LogP) is 3.05. The van der Waals surface area contributed by atoms with Gasteiger partial charge in [0.25, 0.3) is 0 Å². The van der Waals surface area contributed by atoms with Crippen LogP contribution in [0.2, 0.25) is 0 Å². The Morgan fingerprint density at radius 1 is 1.36 bits per heavy atom. The van der Waals surface area contributed by atoms with Gasteiger partial charge in [0.15, 0.2) is 5.06 Å². The predicted molar refractivity (Wildman–Crippen MR) is 62.2 cm³/mol. The lowest BCUT2D eigenvalue weighted by Crippen LogP contribution is -1.87. The van der Waals surface area contributed by atoms with Gasteiger partial charge in [-0.1, -0.05) is 18.3 Å². The maximum absolute atomic E-state index is 5.82. The Kier molecular flexibility index (Phi) is 2.33. The van der Waals surface area contributed by atoms with Crippen LogP contribution in [-0.4, -0.2) is 7.11 Å². The number of thiophene rings is 1. The summed E-state index contributed by atoms with van der Waals surface area (Å²) in [5.74, 6) is 0. The van der Waals surface area contributed by atoms with Crippen molar-refractivity contribution in [2.75, 3.05) is 12.8 Å². The van der Waals surface area contributed by atoms with Gasteiger partial charge in [0.2, 0.25) is 0 Å². The van der Waals surface area contributed by atoms with Crippen LogP contribution in [0.3, 0.4) is 0 Å². The highest BCUT2D eigenvalue weighted by molar-refractivity contribution is 7.20. The number of methoxy groups -OCH3 is 1. The molecule has 0 bridgehead atoms. The zero-order valence-electron chi connectivity index (χ0n) is 8.33. The van der Waals surface area contributed by atoms with Gasteiger partial charge in [0, 0.05) is 10.4 Å². The summed E-state index contributed by atoms with van der Waals surface area (Å²) in [6.07, 6.45) is 1.00. The zero-order valence-corrected chi connectivity index (χ0v) is 9.15. The fourth-order valence-electron chi connectivity index (χ4n) is 1.61. The van der Waals surface area contributed by atoms with Crippen LogP contribution in [0.15, 0.2) is 18.2 Å². The molecule has 0 fully saturated rings. The molecule has 1 heterocycles. The van der Waals surface area contributed by atoms with E-state index in [1.807, 2.05) is 12.1 Å². The van der Waals surface area contributed by atoms with Crippen LogP contribution in [0.25, 0.3) is 10.1 Å². The molecule has 14 heavy (non-hydrogen) atoms. The molecule has 3 heteroatoms. The van der Waals surface area contributed by atoms with Gasteiger partial charge in [0.1, 0.15) is 0 Å². The number of ether oxygens (including phenoxy) is 1. The van der Waals surface area contributed by atoms with Crippen LogP contribution >= 0.6 is 11.3 Å². The molecule has 0 saturated heterocycles. The number of nitrogens with two attached hydrogens (primary N) is 1. The largest absolute Gasteiger partial charge is 0.487 e. The summed E-state index contributed by atoms with van der Waals surface area (Å²) in [6.45, 7) is 2.14. The number of aryl methyl sites for hydroxylation is 1. The molecule has 0 atom stereocenters. The molecule has 2 aromatic rings. The highest BCUT2D eigenvalue weighted by Crippen LogP contribution is 2.35. The third-order valence-corrected chi connectivity index (χ3v) is 3.35. The molecule has 2 rings (SSSR count). The van der Waals surface area contributed by atoms with E-state index in [1.165, 1.54) is 15.6 Å². The first-order valence-corrected chi connectivity index (χ1v) is 5.42. The van der Waals surface area contributed by atoms with E-state index >= 15 is 0 Å². The molecule has 0 radical (unpaired) electrons. The van der Waals surface area contributed by atoms with Gasteiger partial charge < -0.3 is 10.5 Å². The molecule has 2 nitrogen and oxygen atoms in total. The van der Waals surface area contributed by atoms with Gasteiger partial charge in [-0.15, -0.1) is 0 Å². The molecule has 0 aliphatic carbocycles. The molecule has 74 valence electrons. The van der Waals surface area contributed by atoms with E-state index in [0.29, 0.717) is 0 Å². The van der Waals surface area contributed by atoms with E-state index < -0.39 is 0 Å². The Hall–Kier alpha value is -1.22. The maximum Gasteiger partial charge on any atom is 0.174 e. The maximum atomic E-state index is 5.82. The number of fused-ring (bicyclic) bond motifs is 1. The highest BCUT2D eigenvalue weighted by atomic mass is 32.1. The lowest BCUT2D eigenvalue weighted by Gasteiger charge is -2.00. The van der Waals surface area contributed by atoms with Gasteiger partial charge in [-0.25, -0.2) is 0 Å². The molecule has 1 aromatic carbocycles. The van der Waals surface area contributed by atoms with Gasteiger partial charge in [-0.05, 0) is 35.6 Å². The van der Waals surface area contributed by atoms with E-state index in [2.05, 4.69) is 13.0 Å². The van der Waals surface area contributed by atoms with E-state index in [1.54, 1.807) is 18.4 Å². The lowest BCUT2D eigenvalue weighted by atomic mass is 10.1. The summed E-state index contributed by atoms with van der Waals surface area (Å²) in [5.41, 5.74) is 7.94. The molecule has 0 unspecified atom stereocenters. The normalized spacial score (nSPS) is 10.7. The topological polar surface area (TPSA) is 35.2 Å². The number of anilines is 1. The standard InChI is InChI=1S/C11H13NOS/c1-3-7-4-8(12)5-10-9(7)6-11(13-2)14-10/h4-6H,3,12H2,1-2H3. The number of hydrogen-bond acceptors (Lipinski definition) is 3. The van der Waals surface area contributed by atoms with Crippen molar-refractivity contribution in [2.24, 2.45) is 0 Å². The average Bonchev–Trinajstić information content (AvgIpc) is 2.59. The van der Waals surface area contributed by atoms with Crippen LogP contribution in [-0.2, 0) is 6.42 Å². The van der Waals surface area contributed by atoms with Gasteiger partial charge in [-0.3, -0.25) is 0 Å². The molecule has 0 aliphatic rings. The second-order valence-corrected chi connectivity index (χ2v) is 4.26. The fraction of sp³-hybridized carbons (Fsp3) is 0.273. The number of hydrogen-bond donors (Lipinski definition) is 1. The van der Waals surface area contributed by atoms with Crippen LogP contribution in [0.5, 0.6) is 5.06 Å². The Morgan fingerprint density at radius 2 is 2.14 bits per heavy atom. The Morgan fingerprint density at radius 3 is 2.79 bits per heavy atom. The molecule has 2 N–H and O–H groups in total. The van der Waals surface area contributed by atoms with Crippen LogP contribution in [0, 0.1) is 0 Å². The molecule has 0 amide bonds. The van der Waals surface area contributed by atoms with Gasteiger partial charge in [-0.2, -0.15) is 0 Å². The molecule has 0 aliphatic heterocycles. The summed E-state index contributed by atoms with van der Waals surface area (Å²) in [5, 5.41) is 2.21. The molecule has 0 spiro atoms. The summed E-state index contributed by atoms with van der Waals surface area (Å²) in [7, 11) is 1.69. The fourth-order valence-corrected chi connectivity index (χ4v) is 2.58. The van der Waals surface area contributed by atoms with Crippen LogP contribution < -0.4 is 10.5 Å². The SMILES string of the molecule is CCc1cc(N)cc2sc(OC)cc12.